The van der Waals surface area contributed by atoms with E-state index in [1.54, 1.807) is 12.1 Å². The minimum absolute atomic E-state index is 0. The molecule has 0 saturated carbocycles. The van der Waals surface area contributed by atoms with Crippen LogP contribution in [0.1, 0.15) is 25.7 Å². The summed E-state index contributed by atoms with van der Waals surface area (Å²) in [5.74, 6) is -0.836. The van der Waals surface area contributed by atoms with Crippen LogP contribution < -0.4 is 5.32 Å². The zero-order valence-corrected chi connectivity index (χ0v) is 16.6. The zero-order chi connectivity index (χ0) is 18.2. The molecule has 0 aliphatic carbocycles. The summed E-state index contributed by atoms with van der Waals surface area (Å²) < 4.78 is 0. The van der Waals surface area contributed by atoms with Gasteiger partial charge in [0.2, 0.25) is 5.91 Å². The Labute approximate surface area is 165 Å². The Balaban J connectivity index is 0.00000338. The molecule has 1 unspecified atom stereocenters. The molecule has 1 amide bonds. The van der Waals surface area contributed by atoms with Crippen LogP contribution in [0.25, 0.3) is 0 Å². The van der Waals surface area contributed by atoms with Gasteiger partial charge in [-0.3, -0.25) is 14.5 Å². The molecule has 6 nitrogen and oxygen atoms in total. The van der Waals surface area contributed by atoms with Gasteiger partial charge in [0.1, 0.15) is 0 Å². The summed E-state index contributed by atoms with van der Waals surface area (Å²) in [6, 6.07) is 7.49. The average Bonchev–Trinajstić information content (AvgIpc) is 2.80. The van der Waals surface area contributed by atoms with Crippen LogP contribution in [0.15, 0.2) is 24.3 Å². The lowest BCUT2D eigenvalue weighted by Gasteiger charge is -2.25. The van der Waals surface area contributed by atoms with Crippen molar-refractivity contribution in [3.05, 3.63) is 29.3 Å². The van der Waals surface area contributed by atoms with Crippen LogP contribution in [0.4, 0.5) is 5.69 Å². The number of para-hydroxylation sites is 1. The highest BCUT2D eigenvalue weighted by atomic mass is 35.5. The monoisotopic (exact) mass is 403 g/mol. The van der Waals surface area contributed by atoms with Crippen LogP contribution in [-0.4, -0.2) is 66.1 Å². The molecule has 2 N–H and O–H groups in total. The fourth-order valence-electron chi connectivity index (χ4n) is 3.18. The molecule has 1 aliphatic heterocycles. The second kappa shape index (κ2) is 11.4. The van der Waals surface area contributed by atoms with Crippen LogP contribution in [0.5, 0.6) is 0 Å². The number of benzene rings is 1. The molecule has 0 bridgehead atoms. The van der Waals surface area contributed by atoms with Crippen molar-refractivity contribution in [1.82, 2.24) is 9.80 Å². The fraction of sp³-hybridized carbons (Fsp3) is 0.556. The molecular weight excluding hydrogens is 377 g/mol. The number of nitrogens with zero attached hydrogens (tertiary/aromatic N) is 2. The first kappa shape index (κ1) is 22.7. The van der Waals surface area contributed by atoms with E-state index in [1.165, 1.54) is 0 Å². The number of carbonyl (C=O) groups excluding carboxylic acids is 1. The van der Waals surface area contributed by atoms with Crippen molar-refractivity contribution in [3.63, 3.8) is 0 Å². The second-order valence-electron chi connectivity index (χ2n) is 6.51. The number of nitrogens with one attached hydrogen (secondary N) is 1. The Hall–Kier alpha value is -1.34. The number of aliphatic carboxylic acids is 1. The molecule has 1 fully saturated rings. The zero-order valence-electron chi connectivity index (χ0n) is 15.0. The van der Waals surface area contributed by atoms with Gasteiger partial charge in [0, 0.05) is 19.0 Å². The average molecular weight is 404 g/mol. The number of amides is 1. The maximum Gasteiger partial charge on any atom is 0.317 e. The predicted octanol–water partition coefficient (Wildman–Crippen LogP) is 2.96. The van der Waals surface area contributed by atoms with E-state index >= 15 is 0 Å². The van der Waals surface area contributed by atoms with Crippen molar-refractivity contribution in [2.75, 3.05) is 38.5 Å². The summed E-state index contributed by atoms with van der Waals surface area (Å²) in [6.07, 6.45) is 3.35. The number of likely N-dealkylation sites (tertiary alicyclic amines) is 1. The number of rotatable bonds is 7. The molecule has 1 saturated heterocycles. The third kappa shape index (κ3) is 7.50. The van der Waals surface area contributed by atoms with Crippen LogP contribution in [0, 0.1) is 0 Å². The molecule has 1 atom stereocenters. The van der Waals surface area contributed by atoms with E-state index in [0.29, 0.717) is 23.7 Å². The van der Waals surface area contributed by atoms with E-state index in [0.717, 1.165) is 32.4 Å². The largest absolute Gasteiger partial charge is 0.480 e. The van der Waals surface area contributed by atoms with E-state index in [4.69, 9.17) is 16.7 Å². The van der Waals surface area contributed by atoms with Gasteiger partial charge in [0.15, 0.2) is 0 Å². The number of halogens is 2. The van der Waals surface area contributed by atoms with E-state index in [9.17, 15) is 9.59 Å². The van der Waals surface area contributed by atoms with E-state index in [2.05, 4.69) is 10.2 Å². The molecular formula is C18H27Cl2N3O3. The third-order valence-corrected chi connectivity index (χ3v) is 4.93. The summed E-state index contributed by atoms with van der Waals surface area (Å²) in [5.41, 5.74) is 0.639. The minimum Gasteiger partial charge on any atom is -0.480 e. The smallest absolute Gasteiger partial charge is 0.317 e. The van der Waals surface area contributed by atoms with Gasteiger partial charge >= 0.3 is 5.97 Å². The number of likely N-dealkylation sites (N-methyl/N-ethyl adjacent to an activating group) is 1. The first-order chi connectivity index (χ1) is 12.0. The molecule has 26 heavy (non-hydrogen) atoms. The number of anilines is 1. The quantitative estimate of drug-likeness (QED) is 0.731. The lowest BCUT2D eigenvalue weighted by Crippen LogP contribution is -2.36. The SMILES string of the molecule is CN(CC(=O)O)C1CCCN(CCC(=O)Nc2ccccc2Cl)CC1.Cl. The van der Waals surface area contributed by atoms with Gasteiger partial charge in [-0.05, 0) is 51.5 Å². The Bertz CT molecular complexity index is 601. The van der Waals surface area contributed by atoms with E-state index in [1.807, 2.05) is 24.1 Å². The minimum atomic E-state index is -0.792. The Kier molecular flexibility index (Phi) is 9.94. The van der Waals surface area contributed by atoms with Crippen LogP contribution >= 0.6 is 24.0 Å². The van der Waals surface area contributed by atoms with Crippen molar-refractivity contribution in [1.29, 1.82) is 0 Å². The summed E-state index contributed by atoms with van der Waals surface area (Å²) in [4.78, 5) is 27.2. The van der Waals surface area contributed by atoms with E-state index < -0.39 is 5.97 Å². The maximum absolute atomic E-state index is 12.1. The first-order valence-corrected chi connectivity index (χ1v) is 9.02. The molecule has 0 spiro atoms. The van der Waals surface area contributed by atoms with Gasteiger partial charge in [-0.15, -0.1) is 12.4 Å². The third-order valence-electron chi connectivity index (χ3n) is 4.60. The van der Waals surface area contributed by atoms with Crippen molar-refractivity contribution in [2.24, 2.45) is 0 Å². The van der Waals surface area contributed by atoms with Gasteiger partial charge in [0.25, 0.3) is 0 Å². The van der Waals surface area contributed by atoms with Crippen molar-refractivity contribution in [2.45, 2.75) is 31.7 Å². The van der Waals surface area contributed by atoms with Crippen LogP contribution in [0.3, 0.4) is 0 Å². The summed E-state index contributed by atoms with van der Waals surface area (Å²) in [5, 5.41) is 12.3. The van der Waals surface area contributed by atoms with E-state index in [-0.39, 0.29) is 30.9 Å². The molecule has 1 aromatic rings. The summed E-state index contributed by atoms with van der Waals surface area (Å²) in [6.45, 7) is 2.60. The van der Waals surface area contributed by atoms with Crippen molar-refractivity contribution < 1.29 is 14.7 Å². The summed E-state index contributed by atoms with van der Waals surface area (Å²) in [7, 11) is 1.87. The van der Waals surface area contributed by atoms with Gasteiger partial charge in [0.05, 0.1) is 17.3 Å². The van der Waals surface area contributed by atoms with Crippen molar-refractivity contribution in [3.8, 4) is 0 Å². The second-order valence-corrected chi connectivity index (χ2v) is 6.92. The summed E-state index contributed by atoms with van der Waals surface area (Å²) >= 11 is 6.05. The van der Waals surface area contributed by atoms with Gasteiger partial charge < -0.3 is 15.3 Å². The lowest BCUT2D eigenvalue weighted by molar-refractivity contribution is -0.138. The predicted molar refractivity (Wildman–Crippen MR) is 106 cm³/mol. The molecule has 1 aliphatic rings. The Morgan fingerprint density at radius 3 is 2.73 bits per heavy atom. The van der Waals surface area contributed by atoms with Gasteiger partial charge in [-0.1, -0.05) is 23.7 Å². The van der Waals surface area contributed by atoms with Crippen LogP contribution in [-0.2, 0) is 9.59 Å². The highest BCUT2D eigenvalue weighted by molar-refractivity contribution is 6.33. The first-order valence-electron chi connectivity index (χ1n) is 8.64. The van der Waals surface area contributed by atoms with Crippen LogP contribution in [0.2, 0.25) is 5.02 Å². The number of carboxylic acids is 1. The molecule has 0 radical (unpaired) electrons. The Morgan fingerprint density at radius 1 is 1.31 bits per heavy atom. The molecule has 2 rings (SSSR count). The maximum atomic E-state index is 12.1. The molecule has 0 aromatic heterocycles. The highest BCUT2D eigenvalue weighted by Crippen LogP contribution is 2.21. The van der Waals surface area contributed by atoms with Crippen molar-refractivity contribution >= 4 is 41.6 Å². The number of hydrogen-bond acceptors (Lipinski definition) is 4. The normalized spacial score (nSPS) is 18.0. The number of hydrogen-bond donors (Lipinski definition) is 2. The lowest BCUT2D eigenvalue weighted by atomic mass is 10.1. The molecule has 146 valence electrons. The molecule has 1 heterocycles. The standard InChI is InChI=1S/C18H26ClN3O3.ClH/c1-21(13-18(24)25)14-5-4-10-22(11-8-14)12-9-17(23)20-16-7-3-2-6-15(16)19;/h2-3,6-7,14H,4-5,8-13H2,1H3,(H,20,23)(H,24,25);1H. The fourth-order valence-corrected chi connectivity index (χ4v) is 3.36. The molecule has 8 heteroatoms. The molecule has 1 aromatic carbocycles. The highest BCUT2D eigenvalue weighted by Gasteiger charge is 2.21. The van der Waals surface area contributed by atoms with Gasteiger partial charge in [-0.2, -0.15) is 0 Å². The topological polar surface area (TPSA) is 72.9 Å². The Morgan fingerprint density at radius 2 is 2.04 bits per heavy atom. The number of carbonyl (C=O) groups is 2. The number of carboxylic acid groups (broad SMARTS) is 1. The van der Waals surface area contributed by atoms with Gasteiger partial charge in [-0.25, -0.2) is 0 Å².